The predicted molar refractivity (Wildman–Crippen MR) is 123 cm³/mol. The molecule has 1 saturated heterocycles. The monoisotopic (exact) mass is 488 g/mol. The molecule has 2 aromatic rings. The van der Waals surface area contributed by atoms with Crippen LogP contribution in [-0.4, -0.2) is 47.1 Å². The highest BCUT2D eigenvalue weighted by Crippen LogP contribution is 2.36. The molecule has 2 atom stereocenters. The van der Waals surface area contributed by atoms with Crippen LogP contribution in [0.3, 0.4) is 0 Å². The second-order valence-electron chi connectivity index (χ2n) is 8.89. The van der Waals surface area contributed by atoms with Crippen LogP contribution < -0.4 is 5.32 Å². The molecule has 1 aliphatic carbocycles. The largest absolute Gasteiger partial charge is 0.336 e. The number of nitrogens with one attached hydrogen (secondary N) is 1. The Kier molecular flexibility index (Phi) is 5.78. The van der Waals surface area contributed by atoms with Crippen LogP contribution in [0.5, 0.6) is 0 Å². The molecule has 10 heteroatoms. The molecular formula is C23H25ClN4O4S. The average molecular weight is 489 g/mol. The second-order valence-corrected chi connectivity index (χ2v) is 11.2. The molecule has 3 aliphatic rings. The Morgan fingerprint density at radius 3 is 2.70 bits per heavy atom. The van der Waals surface area contributed by atoms with Crippen molar-refractivity contribution in [1.29, 1.82) is 0 Å². The van der Waals surface area contributed by atoms with Gasteiger partial charge in [-0.3, -0.25) is 9.78 Å². The fourth-order valence-electron chi connectivity index (χ4n) is 5.21. The summed E-state index contributed by atoms with van der Waals surface area (Å²) in [4.78, 5) is 31.9. The molecule has 0 radical (unpaired) electrons. The first-order chi connectivity index (χ1) is 15.8. The number of rotatable bonds is 3. The van der Waals surface area contributed by atoms with E-state index in [4.69, 9.17) is 11.6 Å². The lowest BCUT2D eigenvalue weighted by atomic mass is 9.78. The minimum absolute atomic E-state index is 0.0542. The van der Waals surface area contributed by atoms with Crippen LogP contribution in [-0.2, 0) is 16.6 Å². The maximum atomic E-state index is 13.2. The van der Waals surface area contributed by atoms with E-state index in [9.17, 15) is 18.0 Å². The third-order valence-electron chi connectivity index (χ3n) is 6.85. The third-order valence-corrected chi connectivity index (χ3v) is 8.86. The molecule has 3 heterocycles. The number of carbonyl (C=O) groups excluding carboxylic acids is 2. The highest BCUT2D eigenvalue weighted by molar-refractivity contribution is 7.90. The fraction of sp³-hybridized carbons (Fsp3) is 0.435. The molecule has 0 bridgehead atoms. The Bertz CT molecular complexity index is 1200. The van der Waals surface area contributed by atoms with E-state index in [1.165, 1.54) is 43.7 Å². The number of pyridine rings is 1. The van der Waals surface area contributed by atoms with Crippen molar-refractivity contribution in [2.24, 2.45) is 5.92 Å². The Morgan fingerprint density at radius 2 is 1.91 bits per heavy atom. The molecule has 2 aliphatic heterocycles. The van der Waals surface area contributed by atoms with Gasteiger partial charge in [-0.15, -0.1) is 0 Å². The normalized spacial score (nSPS) is 24.0. The van der Waals surface area contributed by atoms with Crippen molar-refractivity contribution in [3.05, 3.63) is 52.8 Å². The number of nitrogens with zero attached hydrogens (tertiary/aromatic N) is 3. The van der Waals surface area contributed by atoms with Crippen LogP contribution in [0.4, 0.5) is 10.5 Å². The number of benzene rings is 1. The van der Waals surface area contributed by atoms with Crippen molar-refractivity contribution in [1.82, 2.24) is 14.2 Å². The van der Waals surface area contributed by atoms with E-state index in [-0.39, 0.29) is 34.1 Å². The van der Waals surface area contributed by atoms with E-state index in [2.05, 4.69) is 10.3 Å². The Hall–Kier alpha value is -2.65. The van der Waals surface area contributed by atoms with Gasteiger partial charge in [-0.05, 0) is 61.4 Å². The number of sulfonamides is 1. The number of amides is 3. The number of likely N-dealkylation sites (tertiary alicyclic amines) is 1. The standard InChI is InChI=1S/C23H25ClN4O4S/c24-17-8-10-18-21(12-17)33(31,32)28(23(30)26-18)14-15-7-9-19(25-13-15)22(29)27-11-3-5-16-4-1-2-6-20(16)27/h7-10,12-13,16,20H,1-6,11,14H2,(H,26,30). The maximum Gasteiger partial charge on any atom is 0.336 e. The summed E-state index contributed by atoms with van der Waals surface area (Å²) in [5.74, 6) is 0.500. The van der Waals surface area contributed by atoms with E-state index in [0.29, 0.717) is 17.2 Å². The van der Waals surface area contributed by atoms with Crippen LogP contribution in [0.25, 0.3) is 0 Å². The van der Waals surface area contributed by atoms with Crippen molar-refractivity contribution >= 4 is 39.2 Å². The number of halogens is 1. The molecule has 0 spiro atoms. The van der Waals surface area contributed by atoms with Gasteiger partial charge in [0.15, 0.2) is 0 Å². The van der Waals surface area contributed by atoms with E-state index in [0.717, 1.165) is 30.1 Å². The van der Waals surface area contributed by atoms with Crippen molar-refractivity contribution in [3.63, 3.8) is 0 Å². The van der Waals surface area contributed by atoms with Crippen LogP contribution in [0.15, 0.2) is 41.4 Å². The highest BCUT2D eigenvalue weighted by atomic mass is 35.5. The second kappa shape index (κ2) is 8.61. The van der Waals surface area contributed by atoms with Gasteiger partial charge in [-0.2, -0.15) is 0 Å². The third kappa shape index (κ3) is 4.08. The molecule has 1 saturated carbocycles. The number of carbonyl (C=O) groups is 2. The lowest BCUT2D eigenvalue weighted by molar-refractivity contribution is 0.0385. The zero-order chi connectivity index (χ0) is 23.2. The number of piperidine rings is 1. The number of urea groups is 1. The zero-order valence-corrected chi connectivity index (χ0v) is 19.6. The van der Waals surface area contributed by atoms with Gasteiger partial charge in [0.2, 0.25) is 0 Å². The molecule has 1 aromatic carbocycles. The van der Waals surface area contributed by atoms with Gasteiger partial charge in [0.1, 0.15) is 10.6 Å². The predicted octanol–water partition coefficient (Wildman–Crippen LogP) is 4.27. The van der Waals surface area contributed by atoms with Gasteiger partial charge in [0.25, 0.3) is 15.9 Å². The molecule has 174 valence electrons. The van der Waals surface area contributed by atoms with Gasteiger partial charge in [0, 0.05) is 23.8 Å². The molecule has 3 amide bonds. The van der Waals surface area contributed by atoms with E-state index in [1.54, 1.807) is 12.1 Å². The Labute approximate surface area is 198 Å². The van der Waals surface area contributed by atoms with Gasteiger partial charge >= 0.3 is 6.03 Å². The number of anilines is 1. The smallest absolute Gasteiger partial charge is 0.334 e. The summed E-state index contributed by atoms with van der Waals surface area (Å²) in [6, 6.07) is 7.10. The first-order valence-corrected chi connectivity index (χ1v) is 13.1. The maximum absolute atomic E-state index is 13.2. The molecule has 5 rings (SSSR count). The highest BCUT2D eigenvalue weighted by Gasteiger charge is 2.38. The molecule has 2 fully saturated rings. The van der Waals surface area contributed by atoms with Crippen molar-refractivity contribution < 1.29 is 18.0 Å². The molecular weight excluding hydrogens is 464 g/mol. The number of fused-ring (bicyclic) bond motifs is 2. The first-order valence-electron chi connectivity index (χ1n) is 11.2. The minimum Gasteiger partial charge on any atom is -0.334 e. The summed E-state index contributed by atoms with van der Waals surface area (Å²) >= 11 is 5.96. The SMILES string of the molecule is O=C(c1ccc(CN2C(=O)Nc3ccc(Cl)cc3S2(=O)=O)cn1)N1CCCC2CCCCC21. The quantitative estimate of drug-likeness (QED) is 0.695. The summed E-state index contributed by atoms with van der Waals surface area (Å²) < 4.78 is 26.8. The molecule has 1 aromatic heterocycles. The summed E-state index contributed by atoms with van der Waals surface area (Å²) in [6.45, 7) is 0.549. The topological polar surface area (TPSA) is 99.7 Å². The van der Waals surface area contributed by atoms with E-state index < -0.39 is 16.1 Å². The molecule has 33 heavy (non-hydrogen) atoms. The van der Waals surface area contributed by atoms with Gasteiger partial charge in [-0.1, -0.05) is 30.5 Å². The summed E-state index contributed by atoms with van der Waals surface area (Å²) in [5, 5.41) is 2.84. The van der Waals surface area contributed by atoms with Crippen LogP contribution in [0.1, 0.15) is 54.6 Å². The van der Waals surface area contributed by atoms with Gasteiger partial charge < -0.3 is 10.2 Å². The van der Waals surface area contributed by atoms with Gasteiger partial charge in [0.05, 0.1) is 12.2 Å². The van der Waals surface area contributed by atoms with E-state index in [1.807, 2.05) is 4.90 Å². The Morgan fingerprint density at radius 1 is 1.12 bits per heavy atom. The first kappa shape index (κ1) is 22.2. The van der Waals surface area contributed by atoms with E-state index >= 15 is 0 Å². The lowest BCUT2D eigenvalue weighted by Crippen LogP contribution is -2.49. The summed E-state index contributed by atoms with van der Waals surface area (Å²) in [5.41, 5.74) is 1.04. The van der Waals surface area contributed by atoms with Crippen molar-refractivity contribution in [2.45, 2.75) is 56.0 Å². The Balaban J connectivity index is 1.34. The molecule has 8 nitrogen and oxygen atoms in total. The summed E-state index contributed by atoms with van der Waals surface area (Å²) in [6.07, 6.45) is 8.27. The zero-order valence-electron chi connectivity index (χ0n) is 18.0. The van der Waals surface area contributed by atoms with Crippen LogP contribution >= 0.6 is 11.6 Å². The summed E-state index contributed by atoms with van der Waals surface area (Å²) in [7, 11) is -4.08. The fourth-order valence-corrected chi connectivity index (χ4v) is 6.94. The van der Waals surface area contributed by atoms with Crippen molar-refractivity contribution in [2.75, 3.05) is 11.9 Å². The minimum atomic E-state index is -4.08. The average Bonchev–Trinajstić information content (AvgIpc) is 2.82. The number of hydrogen-bond acceptors (Lipinski definition) is 5. The lowest BCUT2D eigenvalue weighted by Gasteiger charge is -2.44. The van der Waals surface area contributed by atoms with Crippen LogP contribution in [0.2, 0.25) is 5.02 Å². The van der Waals surface area contributed by atoms with Crippen molar-refractivity contribution in [3.8, 4) is 0 Å². The number of hydrogen-bond donors (Lipinski definition) is 1. The molecule has 2 unspecified atom stereocenters. The number of aromatic nitrogens is 1. The molecule has 1 N–H and O–H groups in total. The van der Waals surface area contributed by atoms with Crippen LogP contribution in [0, 0.1) is 5.92 Å². The van der Waals surface area contributed by atoms with Gasteiger partial charge in [-0.25, -0.2) is 17.5 Å².